The molecule has 0 atom stereocenters. The molecule has 2 heterocycles. The van der Waals surface area contributed by atoms with Crippen molar-refractivity contribution in [3.63, 3.8) is 0 Å². The highest BCUT2D eigenvalue weighted by molar-refractivity contribution is 5.88. The molecule has 0 bridgehead atoms. The standard InChI is InChI=1S/C17H11FN2O2/c1-10-6-15-13(8-19)7-16(20(15)9-14(10)18)11-2-4-12(5-3-11)17(21)22/h2-7,9H,1H3,(H,21,22). The number of halogens is 1. The first kappa shape index (κ1) is 13.8. The van der Waals surface area contributed by atoms with E-state index in [0.717, 1.165) is 0 Å². The van der Waals surface area contributed by atoms with Crippen LogP contribution in [0.2, 0.25) is 0 Å². The Labute approximate surface area is 125 Å². The van der Waals surface area contributed by atoms with Gasteiger partial charge in [-0.1, -0.05) is 12.1 Å². The predicted molar refractivity (Wildman–Crippen MR) is 79.2 cm³/mol. The number of nitriles is 1. The second-order valence-corrected chi connectivity index (χ2v) is 5.00. The first-order valence-corrected chi connectivity index (χ1v) is 6.56. The number of aryl methyl sites for hydroxylation is 1. The molecule has 0 aliphatic heterocycles. The van der Waals surface area contributed by atoms with E-state index in [1.54, 1.807) is 35.6 Å². The Morgan fingerprint density at radius 2 is 1.95 bits per heavy atom. The number of carboxylic acid groups (broad SMARTS) is 1. The summed E-state index contributed by atoms with van der Waals surface area (Å²) in [5.74, 6) is -1.37. The highest BCUT2D eigenvalue weighted by atomic mass is 19.1. The minimum atomic E-state index is -1.01. The van der Waals surface area contributed by atoms with Gasteiger partial charge in [0.05, 0.1) is 22.3 Å². The lowest BCUT2D eigenvalue weighted by molar-refractivity contribution is 0.0697. The van der Waals surface area contributed by atoms with Crippen LogP contribution in [0.15, 0.2) is 42.6 Å². The zero-order valence-corrected chi connectivity index (χ0v) is 11.7. The number of rotatable bonds is 2. The van der Waals surface area contributed by atoms with Gasteiger partial charge in [-0.15, -0.1) is 0 Å². The molecule has 1 aromatic carbocycles. The van der Waals surface area contributed by atoms with E-state index in [-0.39, 0.29) is 11.4 Å². The molecule has 108 valence electrons. The summed E-state index contributed by atoms with van der Waals surface area (Å²) in [5.41, 5.74) is 3.06. The van der Waals surface area contributed by atoms with Crippen molar-refractivity contribution >= 4 is 11.5 Å². The first-order valence-electron chi connectivity index (χ1n) is 6.56. The molecule has 0 amide bonds. The lowest BCUT2D eigenvalue weighted by atomic mass is 10.1. The molecule has 3 rings (SSSR count). The molecule has 0 fully saturated rings. The maximum Gasteiger partial charge on any atom is 0.335 e. The quantitative estimate of drug-likeness (QED) is 0.785. The van der Waals surface area contributed by atoms with Gasteiger partial charge in [-0.05, 0) is 42.3 Å². The van der Waals surface area contributed by atoms with E-state index in [4.69, 9.17) is 5.11 Å². The highest BCUT2D eigenvalue weighted by Crippen LogP contribution is 2.27. The summed E-state index contributed by atoms with van der Waals surface area (Å²) >= 11 is 0. The minimum absolute atomic E-state index is 0.173. The van der Waals surface area contributed by atoms with Gasteiger partial charge in [0.15, 0.2) is 0 Å². The fraction of sp³-hybridized carbons (Fsp3) is 0.0588. The molecule has 1 N–H and O–H groups in total. The number of pyridine rings is 1. The van der Waals surface area contributed by atoms with E-state index < -0.39 is 5.97 Å². The summed E-state index contributed by atoms with van der Waals surface area (Å²) in [4.78, 5) is 10.9. The van der Waals surface area contributed by atoms with Gasteiger partial charge in [0, 0.05) is 6.20 Å². The summed E-state index contributed by atoms with van der Waals surface area (Å²) in [5, 5.41) is 18.2. The summed E-state index contributed by atoms with van der Waals surface area (Å²) in [7, 11) is 0. The first-order chi connectivity index (χ1) is 10.5. The molecule has 0 unspecified atom stereocenters. The predicted octanol–water partition coefficient (Wildman–Crippen LogP) is 3.62. The minimum Gasteiger partial charge on any atom is -0.478 e. The van der Waals surface area contributed by atoms with Crippen molar-refractivity contribution in [3.05, 3.63) is 65.1 Å². The molecule has 0 radical (unpaired) electrons. The van der Waals surface area contributed by atoms with E-state index in [1.165, 1.54) is 18.3 Å². The van der Waals surface area contributed by atoms with E-state index in [1.807, 2.05) is 0 Å². The Hall–Kier alpha value is -3.13. The Kier molecular flexibility index (Phi) is 3.15. The van der Waals surface area contributed by atoms with Gasteiger partial charge in [-0.3, -0.25) is 0 Å². The smallest absolute Gasteiger partial charge is 0.335 e. The summed E-state index contributed by atoms with van der Waals surface area (Å²) in [6.07, 6.45) is 1.34. The number of hydrogen-bond donors (Lipinski definition) is 1. The van der Waals surface area contributed by atoms with Crippen LogP contribution >= 0.6 is 0 Å². The van der Waals surface area contributed by atoms with Crippen molar-refractivity contribution in [1.29, 1.82) is 5.26 Å². The van der Waals surface area contributed by atoms with Crippen LogP contribution in [-0.2, 0) is 0 Å². The number of carboxylic acids is 1. The normalized spacial score (nSPS) is 10.6. The molecular weight excluding hydrogens is 283 g/mol. The third kappa shape index (κ3) is 2.11. The van der Waals surface area contributed by atoms with Crippen LogP contribution in [0.25, 0.3) is 16.8 Å². The fourth-order valence-electron chi connectivity index (χ4n) is 2.41. The second-order valence-electron chi connectivity index (χ2n) is 5.00. The Balaban J connectivity index is 2.24. The molecule has 4 nitrogen and oxygen atoms in total. The van der Waals surface area contributed by atoms with Crippen LogP contribution < -0.4 is 0 Å². The number of carbonyl (C=O) groups is 1. The zero-order chi connectivity index (χ0) is 15.9. The van der Waals surface area contributed by atoms with Gasteiger partial charge in [-0.2, -0.15) is 5.26 Å². The molecule has 0 spiro atoms. The molecule has 0 saturated heterocycles. The average Bonchev–Trinajstić information content (AvgIpc) is 2.85. The van der Waals surface area contributed by atoms with Crippen LogP contribution in [0.1, 0.15) is 21.5 Å². The zero-order valence-electron chi connectivity index (χ0n) is 11.7. The molecule has 3 aromatic rings. The lowest BCUT2D eigenvalue weighted by Crippen LogP contribution is -1.96. The largest absolute Gasteiger partial charge is 0.478 e. The Morgan fingerprint density at radius 1 is 1.27 bits per heavy atom. The summed E-state index contributed by atoms with van der Waals surface area (Å²) < 4.78 is 15.5. The molecule has 0 aliphatic rings. The average molecular weight is 294 g/mol. The molecule has 0 aliphatic carbocycles. The van der Waals surface area contributed by atoms with Gasteiger partial charge in [-0.25, -0.2) is 9.18 Å². The Bertz CT molecular complexity index is 934. The number of benzene rings is 1. The van der Waals surface area contributed by atoms with Crippen LogP contribution in [0.3, 0.4) is 0 Å². The topological polar surface area (TPSA) is 65.5 Å². The van der Waals surface area contributed by atoms with Crippen LogP contribution in [0.5, 0.6) is 0 Å². The highest BCUT2D eigenvalue weighted by Gasteiger charge is 2.13. The maximum atomic E-state index is 13.8. The van der Waals surface area contributed by atoms with E-state index in [9.17, 15) is 14.4 Å². The number of nitrogens with zero attached hydrogens (tertiary/aromatic N) is 2. The Morgan fingerprint density at radius 3 is 2.55 bits per heavy atom. The third-order valence-electron chi connectivity index (χ3n) is 3.60. The summed E-state index contributed by atoms with van der Waals surface area (Å²) in [6, 6.07) is 11.6. The second kappa shape index (κ2) is 5.01. The van der Waals surface area contributed by atoms with Crippen molar-refractivity contribution in [1.82, 2.24) is 4.40 Å². The van der Waals surface area contributed by atoms with Crippen molar-refractivity contribution in [2.75, 3.05) is 0 Å². The maximum absolute atomic E-state index is 13.8. The van der Waals surface area contributed by atoms with Crippen molar-refractivity contribution in [2.24, 2.45) is 0 Å². The monoisotopic (exact) mass is 294 g/mol. The van der Waals surface area contributed by atoms with Crippen molar-refractivity contribution < 1.29 is 14.3 Å². The fourth-order valence-corrected chi connectivity index (χ4v) is 2.41. The van der Waals surface area contributed by atoms with Crippen molar-refractivity contribution in [3.8, 4) is 17.3 Å². The van der Waals surface area contributed by atoms with Crippen LogP contribution in [0, 0.1) is 24.1 Å². The molecule has 2 aromatic heterocycles. The SMILES string of the molecule is Cc1cc2c(C#N)cc(-c3ccc(C(=O)O)cc3)n2cc1F. The van der Waals surface area contributed by atoms with Gasteiger partial charge in [0.25, 0.3) is 0 Å². The van der Waals surface area contributed by atoms with Crippen LogP contribution in [0.4, 0.5) is 4.39 Å². The lowest BCUT2D eigenvalue weighted by Gasteiger charge is -2.05. The number of hydrogen-bond acceptors (Lipinski definition) is 2. The number of fused-ring (bicyclic) bond motifs is 1. The number of aromatic nitrogens is 1. The number of aromatic carboxylic acids is 1. The molecule has 0 saturated carbocycles. The van der Waals surface area contributed by atoms with E-state index in [0.29, 0.717) is 27.9 Å². The van der Waals surface area contributed by atoms with Gasteiger partial charge >= 0.3 is 5.97 Å². The van der Waals surface area contributed by atoms with Crippen molar-refractivity contribution in [2.45, 2.75) is 6.92 Å². The third-order valence-corrected chi connectivity index (χ3v) is 3.60. The summed E-state index contributed by atoms with van der Waals surface area (Å²) in [6.45, 7) is 1.64. The molecule has 22 heavy (non-hydrogen) atoms. The molecule has 5 heteroatoms. The molecular formula is C17H11FN2O2. The van der Waals surface area contributed by atoms with E-state index >= 15 is 0 Å². The van der Waals surface area contributed by atoms with Gasteiger partial charge < -0.3 is 9.51 Å². The van der Waals surface area contributed by atoms with E-state index in [2.05, 4.69) is 6.07 Å². The van der Waals surface area contributed by atoms with Crippen LogP contribution in [-0.4, -0.2) is 15.5 Å². The van der Waals surface area contributed by atoms with Gasteiger partial charge in [0.2, 0.25) is 0 Å². The van der Waals surface area contributed by atoms with Gasteiger partial charge in [0.1, 0.15) is 11.9 Å².